The Morgan fingerprint density at radius 3 is 3.07 bits per heavy atom. The summed E-state index contributed by atoms with van der Waals surface area (Å²) >= 11 is 3.50. The van der Waals surface area contributed by atoms with Gasteiger partial charge < -0.3 is 10.2 Å². The van der Waals surface area contributed by atoms with Crippen LogP contribution in [-0.2, 0) is 0 Å². The molecule has 1 heterocycles. The molecule has 0 amide bonds. The maximum absolute atomic E-state index is 3.53. The van der Waals surface area contributed by atoms with Crippen molar-refractivity contribution in [2.24, 2.45) is 0 Å². The van der Waals surface area contributed by atoms with Gasteiger partial charge in [0.25, 0.3) is 0 Å². The van der Waals surface area contributed by atoms with E-state index >= 15 is 0 Å². The lowest BCUT2D eigenvalue weighted by Gasteiger charge is -2.31. The summed E-state index contributed by atoms with van der Waals surface area (Å²) in [5, 5.41) is 3.53. The number of rotatable bonds is 1. The van der Waals surface area contributed by atoms with Crippen LogP contribution in [0.5, 0.6) is 0 Å². The van der Waals surface area contributed by atoms with Crippen molar-refractivity contribution >= 4 is 15.9 Å². The quantitative estimate of drug-likeness (QED) is 0.826. The number of hydrogen-bond donors (Lipinski definition) is 1. The van der Waals surface area contributed by atoms with Gasteiger partial charge in [-0.05, 0) is 24.7 Å². The number of hydrogen-bond acceptors (Lipinski definition) is 2. The Labute approximate surface area is 93.4 Å². The fourth-order valence-electron chi connectivity index (χ4n) is 1.84. The minimum atomic E-state index is 0.478. The molecule has 14 heavy (non-hydrogen) atoms. The molecule has 2 nitrogen and oxygen atoms in total. The van der Waals surface area contributed by atoms with Crippen LogP contribution >= 0.6 is 15.9 Å². The van der Waals surface area contributed by atoms with Crippen LogP contribution in [0.25, 0.3) is 0 Å². The fraction of sp³-hybridized carbons (Fsp3) is 0.455. The van der Waals surface area contributed by atoms with Gasteiger partial charge in [-0.25, -0.2) is 0 Å². The van der Waals surface area contributed by atoms with Gasteiger partial charge in [0.1, 0.15) is 0 Å². The first-order valence-electron chi connectivity index (χ1n) is 4.93. The van der Waals surface area contributed by atoms with Gasteiger partial charge in [0.2, 0.25) is 0 Å². The number of piperazine rings is 1. The average Bonchev–Trinajstić information content (AvgIpc) is 2.18. The zero-order valence-electron chi connectivity index (χ0n) is 8.33. The van der Waals surface area contributed by atoms with Gasteiger partial charge in [-0.15, -0.1) is 0 Å². The van der Waals surface area contributed by atoms with E-state index < -0.39 is 0 Å². The first kappa shape index (κ1) is 10.1. The summed E-state index contributed by atoms with van der Waals surface area (Å²) in [6, 6.07) is 9.01. The molecule has 0 aromatic heterocycles. The van der Waals surface area contributed by atoms with Crippen molar-refractivity contribution in [1.29, 1.82) is 0 Å². The molecule has 0 bridgehead atoms. The van der Waals surface area contributed by atoms with E-state index in [4.69, 9.17) is 0 Å². The summed E-state index contributed by atoms with van der Waals surface area (Å²) in [6.07, 6.45) is 0. The number of nitrogens with one attached hydrogen (secondary N) is 1. The largest absolute Gasteiger partial charge is 0.308 e. The van der Waals surface area contributed by atoms with Crippen molar-refractivity contribution in [3.8, 4) is 0 Å². The lowest BCUT2D eigenvalue weighted by Crippen LogP contribution is -2.43. The molecule has 1 saturated heterocycles. The van der Waals surface area contributed by atoms with Crippen molar-refractivity contribution in [2.75, 3.05) is 26.7 Å². The zero-order chi connectivity index (χ0) is 9.97. The average molecular weight is 255 g/mol. The maximum Gasteiger partial charge on any atom is 0.0450 e. The first-order chi connectivity index (χ1) is 6.75. The number of benzene rings is 1. The molecule has 0 saturated carbocycles. The number of nitrogens with zero attached hydrogens (tertiary/aromatic N) is 1. The molecule has 1 aliphatic heterocycles. The molecule has 0 radical (unpaired) electrons. The Bertz CT molecular complexity index is 314. The first-order valence-corrected chi connectivity index (χ1v) is 5.72. The third-order valence-electron chi connectivity index (χ3n) is 2.63. The molecule has 1 aromatic rings. The van der Waals surface area contributed by atoms with E-state index in [2.05, 4.69) is 57.5 Å². The Balaban J connectivity index is 2.14. The summed E-state index contributed by atoms with van der Waals surface area (Å²) in [6.45, 7) is 3.31. The molecule has 1 unspecified atom stereocenters. The lowest BCUT2D eigenvalue weighted by molar-refractivity contribution is 0.241. The monoisotopic (exact) mass is 254 g/mol. The van der Waals surface area contributed by atoms with Gasteiger partial charge in [0.15, 0.2) is 0 Å². The molecule has 1 atom stereocenters. The van der Waals surface area contributed by atoms with Crippen molar-refractivity contribution < 1.29 is 0 Å². The zero-order valence-corrected chi connectivity index (χ0v) is 9.92. The molecule has 1 fully saturated rings. The summed E-state index contributed by atoms with van der Waals surface area (Å²) in [4.78, 5) is 2.36. The second-order valence-electron chi connectivity index (χ2n) is 3.82. The lowest BCUT2D eigenvalue weighted by atomic mass is 10.1. The van der Waals surface area contributed by atoms with E-state index in [1.807, 2.05) is 0 Å². The van der Waals surface area contributed by atoms with Crippen LogP contribution in [0.3, 0.4) is 0 Å². The van der Waals surface area contributed by atoms with Gasteiger partial charge in [-0.2, -0.15) is 0 Å². The van der Waals surface area contributed by atoms with Crippen molar-refractivity contribution in [1.82, 2.24) is 10.2 Å². The minimum absolute atomic E-state index is 0.478. The van der Waals surface area contributed by atoms with Crippen LogP contribution < -0.4 is 5.32 Å². The molecule has 3 heteroatoms. The number of likely N-dealkylation sites (N-methyl/N-ethyl adjacent to an activating group) is 1. The van der Waals surface area contributed by atoms with E-state index in [1.165, 1.54) is 5.56 Å². The van der Waals surface area contributed by atoms with Crippen molar-refractivity contribution in [2.45, 2.75) is 6.04 Å². The third kappa shape index (κ3) is 2.35. The molecule has 2 rings (SSSR count). The van der Waals surface area contributed by atoms with Crippen molar-refractivity contribution in [3.05, 3.63) is 34.3 Å². The maximum atomic E-state index is 3.53. The van der Waals surface area contributed by atoms with E-state index in [0.717, 1.165) is 24.1 Å². The summed E-state index contributed by atoms with van der Waals surface area (Å²) in [5.74, 6) is 0. The predicted octanol–water partition coefficient (Wildman–Crippen LogP) is 2.03. The van der Waals surface area contributed by atoms with Gasteiger partial charge in [0.05, 0.1) is 0 Å². The van der Waals surface area contributed by atoms with Gasteiger partial charge in [0, 0.05) is 30.1 Å². The van der Waals surface area contributed by atoms with E-state index in [1.54, 1.807) is 0 Å². The second-order valence-corrected chi connectivity index (χ2v) is 4.74. The highest BCUT2D eigenvalue weighted by Crippen LogP contribution is 2.20. The third-order valence-corrected chi connectivity index (χ3v) is 3.12. The van der Waals surface area contributed by atoms with Crippen LogP contribution in [0.4, 0.5) is 0 Å². The molecular weight excluding hydrogens is 240 g/mol. The number of halogens is 1. The highest BCUT2D eigenvalue weighted by molar-refractivity contribution is 9.10. The predicted molar refractivity (Wildman–Crippen MR) is 62.4 cm³/mol. The van der Waals surface area contributed by atoms with E-state index in [9.17, 15) is 0 Å². The van der Waals surface area contributed by atoms with Crippen LogP contribution in [-0.4, -0.2) is 31.6 Å². The van der Waals surface area contributed by atoms with E-state index in [0.29, 0.717) is 6.04 Å². The van der Waals surface area contributed by atoms with Crippen LogP contribution in [0, 0.1) is 0 Å². The smallest absolute Gasteiger partial charge is 0.0450 e. The Kier molecular flexibility index (Phi) is 3.21. The molecule has 1 N–H and O–H groups in total. The molecule has 0 spiro atoms. The molecule has 0 aliphatic carbocycles. The summed E-state index contributed by atoms with van der Waals surface area (Å²) in [5.41, 5.74) is 1.37. The van der Waals surface area contributed by atoms with Gasteiger partial charge in [-0.3, -0.25) is 0 Å². The highest BCUT2D eigenvalue weighted by atomic mass is 79.9. The highest BCUT2D eigenvalue weighted by Gasteiger charge is 2.17. The fourth-order valence-corrected chi connectivity index (χ4v) is 2.26. The minimum Gasteiger partial charge on any atom is -0.308 e. The van der Waals surface area contributed by atoms with Crippen molar-refractivity contribution in [3.63, 3.8) is 0 Å². The molecule has 1 aromatic carbocycles. The second kappa shape index (κ2) is 4.43. The van der Waals surface area contributed by atoms with Gasteiger partial charge >= 0.3 is 0 Å². The van der Waals surface area contributed by atoms with Crippen LogP contribution in [0.2, 0.25) is 0 Å². The summed E-state index contributed by atoms with van der Waals surface area (Å²) in [7, 11) is 2.17. The molecule has 1 aliphatic rings. The standard InChI is InChI=1S/C11H15BrN2/c1-14-6-5-13-11(8-14)9-3-2-4-10(12)7-9/h2-4,7,11,13H,5-6,8H2,1H3. The Morgan fingerprint density at radius 2 is 2.36 bits per heavy atom. The van der Waals surface area contributed by atoms with Crippen LogP contribution in [0.15, 0.2) is 28.7 Å². The normalized spacial score (nSPS) is 23.7. The molecular formula is C11H15BrN2. The Hall–Kier alpha value is -0.380. The summed E-state index contributed by atoms with van der Waals surface area (Å²) < 4.78 is 1.16. The topological polar surface area (TPSA) is 15.3 Å². The van der Waals surface area contributed by atoms with Gasteiger partial charge in [-0.1, -0.05) is 28.1 Å². The van der Waals surface area contributed by atoms with Crippen LogP contribution in [0.1, 0.15) is 11.6 Å². The van der Waals surface area contributed by atoms with E-state index in [-0.39, 0.29) is 0 Å². The molecule has 76 valence electrons. The Morgan fingerprint density at radius 1 is 1.50 bits per heavy atom. The SMILES string of the molecule is CN1CCNC(c2cccc(Br)c2)C1.